The Hall–Kier alpha value is -2.45. The van der Waals surface area contributed by atoms with Gasteiger partial charge in [-0.3, -0.25) is 10.1 Å². The molecule has 0 amide bonds. The highest BCUT2D eigenvalue weighted by atomic mass is 35.5. The third-order valence-corrected chi connectivity index (χ3v) is 2.96. The number of nitrogens with zero attached hydrogens (tertiary/aromatic N) is 3. The molecule has 0 saturated carbocycles. The third kappa shape index (κ3) is 4.54. The largest absolute Gasteiger partial charge is 0.378 e. The predicted octanol–water partition coefficient (Wildman–Crippen LogP) is 2.25. The molecular weight excluding hydrogens is 310 g/mol. The molecule has 0 aliphatic heterocycles. The highest BCUT2D eigenvalue weighted by Gasteiger charge is 2.13. The Labute approximate surface area is 131 Å². The van der Waals surface area contributed by atoms with E-state index in [1.54, 1.807) is 12.1 Å². The van der Waals surface area contributed by atoms with Gasteiger partial charge in [-0.25, -0.2) is 4.98 Å². The van der Waals surface area contributed by atoms with Gasteiger partial charge in [0.2, 0.25) is 11.8 Å². The van der Waals surface area contributed by atoms with Crippen LogP contribution in [0.5, 0.6) is 0 Å². The number of ether oxygens (including phenoxy) is 1. The summed E-state index contributed by atoms with van der Waals surface area (Å²) in [6.45, 7) is 1.33. The zero-order chi connectivity index (χ0) is 15.9. The predicted molar refractivity (Wildman–Crippen MR) is 82.7 cm³/mol. The van der Waals surface area contributed by atoms with Crippen molar-refractivity contribution in [2.75, 3.05) is 24.2 Å². The van der Waals surface area contributed by atoms with Gasteiger partial charge in [0.25, 0.3) is 0 Å². The van der Waals surface area contributed by atoms with Crippen molar-refractivity contribution in [1.29, 1.82) is 0 Å². The van der Waals surface area contributed by atoms with E-state index >= 15 is 0 Å². The summed E-state index contributed by atoms with van der Waals surface area (Å²) in [5, 5.41) is 14.1. The third-order valence-electron chi connectivity index (χ3n) is 2.71. The van der Waals surface area contributed by atoms with Crippen LogP contribution in [-0.2, 0) is 11.3 Å². The van der Waals surface area contributed by atoms with Crippen molar-refractivity contribution >= 4 is 29.1 Å². The van der Waals surface area contributed by atoms with Crippen LogP contribution in [0.25, 0.3) is 0 Å². The molecule has 0 radical (unpaired) electrons. The number of nitrogen functional groups attached to an aromatic ring is 1. The minimum absolute atomic E-state index is 0.176. The molecule has 0 aliphatic carbocycles. The molecule has 0 spiro atoms. The number of rotatable bonds is 7. The van der Waals surface area contributed by atoms with Gasteiger partial charge < -0.3 is 15.8 Å². The van der Waals surface area contributed by atoms with E-state index in [4.69, 9.17) is 22.1 Å². The Morgan fingerprint density at radius 3 is 2.73 bits per heavy atom. The van der Waals surface area contributed by atoms with Crippen LogP contribution in [-0.4, -0.2) is 28.0 Å². The average molecular weight is 324 g/mol. The number of nitrogens with one attached hydrogen (secondary N) is 1. The first-order valence-electron chi connectivity index (χ1n) is 6.39. The smallest absolute Gasteiger partial charge is 0.329 e. The summed E-state index contributed by atoms with van der Waals surface area (Å²) in [6.07, 6.45) is 1.07. The lowest BCUT2D eigenvalue weighted by Gasteiger charge is -2.07. The van der Waals surface area contributed by atoms with Gasteiger partial charge in [0.05, 0.1) is 18.1 Å². The second kappa shape index (κ2) is 7.53. The Morgan fingerprint density at radius 1 is 1.36 bits per heavy atom. The van der Waals surface area contributed by atoms with Crippen LogP contribution in [0.1, 0.15) is 5.56 Å². The fourth-order valence-corrected chi connectivity index (χ4v) is 1.75. The van der Waals surface area contributed by atoms with Crippen molar-refractivity contribution in [3.8, 4) is 0 Å². The summed E-state index contributed by atoms with van der Waals surface area (Å²) in [5.74, 6) is 0.0442. The van der Waals surface area contributed by atoms with Gasteiger partial charge >= 0.3 is 5.69 Å². The molecule has 1 aromatic carbocycles. The lowest BCUT2D eigenvalue weighted by atomic mass is 10.2. The van der Waals surface area contributed by atoms with E-state index in [2.05, 4.69) is 15.3 Å². The first-order valence-corrected chi connectivity index (χ1v) is 6.77. The molecule has 0 fully saturated rings. The average Bonchev–Trinajstić information content (AvgIpc) is 2.48. The molecule has 1 heterocycles. The Kier molecular flexibility index (Phi) is 5.45. The molecule has 0 saturated heterocycles. The fourth-order valence-electron chi connectivity index (χ4n) is 1.62. The molecule has 9 heteroatoms. The molecule has 1 aromatic heterocycles. The van der Waals surface area contributed by atoms with Gasteiger partial charge in [-0.05, 0) is 17.7 Å². The summed E-state index contributed by atoms with van der Waals surface area (Å²) in [7, 11) is 0. The van der Waals surface area contributed by atoms with Crippen molar-refractivity contribution in [2.45, 2.75) is 6.61 Å². The van der Waals surface area contributed by atoms with Crippen molar-refractivity contribution < 1.29 is 9.66 Å². The van der Waals surface area contributed by atoms with Gasteiger partial charge in [-0.15, -0.1) is 0 Å². The van der Waals surface area contributed by atoms with Crippen LogP contribution >= 0.6 is 11.6 Å². The fraction of sp³-hybridized carbons (Fsp3) is 0.231. The van der Waals surface area contributed by atoms with E-state index in [-0.39, 0.29) is 17.5 Å². The van der Waals surface area contributed by atoms with E-state index in [0.717, 1.165) is 11.8 Å². The molecule has 2 rings (SSSR count). The number of hydrogen-bond acceptors (Lipinski definition) is 7. The molecule has 0 unspecified atom stereocenters. The van der Waals surface area contributed by atoms with Crippen LogP contribution in [0, 0.1) is 10.1 Å². The monoisotopic (exact) mass is 323 g/mol. The highest BCUT2D eigenvalue weighted by molar-refractivity contribution is 6.30. The number of hydrogen-bond donors (Lipinski definition) is 2. The number of aromatic nitrogens is 2. The number of nitro groups is 1. The number of halogens is 1. The van der Waals surface area contributed by atoms with E-state index in [0.29, 0.717) is 24.8 Å². The van der Waals surface area contributed by atoms with Crippen LogP contribution in [0.4, 0.5) is 17.5 Å². The number of anilines is 2. The first-order chi connectivity index (χ1) is 10.6. The first kappa shape index (κ1) is 15.9. The second-order valence-corrected chi connectivity index (χ2v) is 4.76. The van der Waals surface area contributed by atoms with Crippen LogP contribution in [0.15, 0.2) is 30.5 Å². The zero-order valence-corrected chi connectivity index (χ0v) is 12.3. The Bertz CT molecular complexity index is 651. The standard InChI is InChI=1S/C13H14ClN5O3/c14-10-3-1-9(2-4-10)8-22-6-5-16-13-17-7-11(19(20)21)12(15)18-13/h1-4,7H,5-6,8H2,(H3,15,16,17,18). The maximum Gasteiger partial charge on any atom is 0.329 e. The van der Waals surface area contributed by atoms with Crippen molar-refractivity contribution in [3.05, 3.63) is 51.2 Å². The normalized spacial score (nSPS) is 10.4. The Balaban J connectivity index is 1.73. The summed E-state index contributed by atoms with van der Waals surface area (Å²) < 4.78 is 5.47. The van der Waals surface area contributed by atoms with Crippen molar-refractivity contribution in [2.24, 2.45) is 0 Å². The molecule has 0 bridgehead atoms. The summed E-state index contributed by atoms with van der Waals surface area (Å²) >= 11 is 5.79. The van der Waals surface area contributed by atoms with Crippen LogP contribution in [0.2, 0.25) is 5.02 Å². The molecule has 8 nitrogen and oxygen atoms in total. The zero-order valence-electron chi connectivity index (χ0n) is 11.5. The SMILES string of the molecule is Nc1nc(NCCOCc2ccc(Cl)cc2)ncc1[N+](=O)[O-]. The Morgan fingerprint density at radius 2 is 2.09 bits per heavy atom. The summed E-state index contributed by atoms with van der Waals surface area (Å²) in [6, 6.07) is 7.36. The summed E-state index contributed by atoms with van der Waals surface area (Å²) in [5.41, 5.74) is 6.16. The molecular formula is C13H14ClN5O3. The molecule has 2 aromatic rings. The maximum atomic E-state index is 10.6. The molecule has 0 atom stereocenters. The van der Waals surface area contributed by atoms with Crippen molar-refractivity contribution in [3.63, 3.8) is 0 Å². The number of benzene rings is 1. The van der Waals surface area contributed by atoms with E-state index in [1.807, 2.05) is 12.1 Å². The van der Waals surface area contributed by atoms with E-state index < -0.39 is 4.92 Å². The van der Waals surface area contributed by atoms with Crippen molar-refractivity contribution in [1.82, 2.24) is 9.97 Å². The topological polar surface area (TPSA) is 116 Å². The highest BCUT2D eigenvalue weighted by Crippen LogP contribution is 2.17. The van der Waals surface area contributed by atoms with Gasteiger partial charge in [-0.2, -0.15) is 4.98 Å². The van der Waals surface area contributed by atoms with Crippen LogP contribution in [0.3, 0.4) is 0 Å². The quantitative estimate of drug-likeness (QED) is 0.456. The minimum atomic E-state index is -0.631. The van der Waals surface area contributed by atoms with E-state index in [9.17, 15) is 10.1 Å². The number of nitrogens with two attached hydrogens (primary N) is 1. The van der Waals surface area contributed by atoms with Gasteiger partial charge in [0, 0.05) is 11.6 Å². The summed E-state index contributed by atoms with van der Waals surface area (Å²) in [4.78, 5) is 17.6. The molecule has 116 valence electrons. The van der Waals surface area contributed by atoms with Gasteiger partial charge in [0.1, 0.15) is 6.20 Å². The minimum Gasteiger partial charge on any atom is -0.378 e. The lowest BCUT2D eigenvalue weighted by molar-refractivity contribution is -0.384. The second-order valence-electron chi connectivity index (χ2n) is 4.33. The molecule has 3 N–H and O–H groups in total. The molecule has 0 aliphatic rings. The van der Waals surface area contributed by atoms with Gasteiger partial charge in [-0.1, -0.05) is 23.7 Å². The van der Waals surface area contributed by atoms with Crippen LogP contribution < -0.4 is 11.1 Å². The molecule has 22 heavy (non-hydrogen) atoms. The maximum absolute atomic E-state index is 10.6. The van der Waals surface area contributed by atoms with Gasteiger partial charge in [0.15, 0.2) is 0 Å². The lowest BCUT2D eigenvalue weighted by Crippen LogP contribution is -2.12. The van der Waals surface area contributed by atoms with E-state index in [1.165, 1.54) is 0 Å².